The van der Waals surface area contributed by atoms with Crippen LogP contribution in [0.1, 0.15) is 39.5 Å². The van der Waals surface area contributed by atoms with E-state index in [1.54, 1.807) is 0 Å². The molecule has 2 rings (SSSR count). The average Bonchev–Trinajstić information content (AvgIpc) is 2.66. The topological polar surface area (TPSA) is 96.7 Å². The molecule has 2 amide bonds. The highest BCUT2D eigenvalue weighted by atomic mass is 16.5. The molecule has 150 valence electrons. The standard InChI is InChI=1S/C20H32N4O3/c1-3-24(4-2)13-19(25)23-17-10-8-16(9-11-17)22-18-7-5-6-15(12-18)14-27-20(21)26/h8-11,15,18,22H,3-7,12-14H2,1-2H3,(H2,21,26)(H,23,25). The summed E-state index contributed by atoms with van der Waals surface area (Å²) in [5.41, 5.74) is 6.88. The molecule has 0 saturated heterocycles. The summed E-state index contributed by atoms with van der Waals surface area (Å²) >= 11 is 0. The Morgan fingerprint density at radius 3 is 2.44 bits per heavy atom. The van der Waals surface area contributed by atoms with E-state index < -0.39 is 6.09 Å². The van der Waals surface area contributed by atoms with Crippen molar-refractivity contribution >= 4 is 23.4 Å². The molecule has 0 radical (unpaired) electrons. The molecule has 0 spiro atoms. The number of anilines is 2. The van der Waals surface area contributed by atoms with Crippen LogP contribution >= 0.6 is 0 Å². The number of likely N-dealkylation sites (N-methyl/N-ethyl adjacent to an activating group) is 1. The highest BCUT2D eigenvalue weighted by molar-refractivity contribution is 5.92. The fourth-order valence-electron chi connectivity index (χ4n) is 3.51. The summed E-state index contributed by atoms with van der Waals surface area (Å²) in [6.45, 7) is 6.62. The number of hydrogen-bond donors (Lipinski definition) is 3. The first-order valence-corrected chi connectivity index (χ1v) is 9.81. The molecule has 1 saturated carbocycles. The van der Waals surface area contributed by atoms with Crippen LogP contribution in [0.4, 0.5) is 16.2 Å². The number of nitrogens with one attached hydrogen (secondary N) is 2. The van der Waals surface area contributed by atoms with Gasteiger partial charge in [-0.25, -0.2) is 4.79 Å². The van der Waals surface area contributed by atoms with Gasteiger partial charge in [0.15, 0.2) is 0 Å². The van der Waals surface area contributed by atoms with Gasteiger partial charge >= 0.3 is 6.09 Å². The maximum atomic E-state index is 12.1. The molecule has 1 fully saturated rings. The minimum atomic E-state index is -0.705. The van der Waals surface area contributed by atoms with Crippen molar-refractivity contribution in [1.29, 1.82) is 0 Å². The minimum Gasteiger partial charge on any atom is -0.449 e. The molecule has 0 bridgehead atoms. The molecule has 0 heterocycles. The molecule has 4 N–H and O–H groups in total. The Morgan fingerprint density at radius 1 is 1.15 bits per heavy atom. The van der Waals surface area contributed by atoms with Crippen LogP contribution in [-0.4, -0.2) is 49.2 Å². The number of nitrogens with two attached hydrogens (primary N) is 1. The monoisotopic (exact) mass is 376 g/mol. The van der Waals surface area contributed by atoms with E-state index in [-0.39, 0.29) is 5.91 Å². The SMILES string of the molecule is CCN(CC)CC(=O)Nc1ccc(NC2CCCC(COC(N)=O)C2)cc1. The summed E-state index contributed by atoms with van der Waals surface area (Å²) in [6, 6.07) is 8.15. The molecule has 1 aliphatic rings. The van der Waals surface area contributed by atoms with E-state index >= 15 is 0 Å². The van der Waals surface area contributed by atoms with Gasteiger partial charge in [0.25, 0.3) is 0 Å². The molecular weight excluding hydrogens is 344 g/mol. The van der Waals surface area contributed by atoms with E-state index in [0.717, 1.165) is 50.1 Å². The van der Waals surface area contributed by atoms with E-state index in [1.165, 1.54) is 0 Å². The Labute approximate surface area is 161 Å². The first kappa shape index (κ1) is 21.0. The van der Waals surface area contributed by atoms with Gasteiger partial charge in [-0.15, -0.1) is 0 Å². The van der Waals surface area contributed by atoms with Gasteiger partial charge in [0.1, 0.15) is 0 Å². The lowest BCUT2D eigenvalue weighted by atomic mass is 9.86. The van der Waals surface area contributed by atoms with E-state index in [1.807, 2.05) is 38.1 Å². The summed E-state index contributed by atoms with van der Waals surface area (Å²) in [7, 11) is 0. The lowest BCUT2D eigenvalue weighted by molar-refractivity contribution is -0.117. The number of rotatable bonds is 9. The van der Waals surface area contributed by atoms with E-state index in [4.69, 9.17) is 10.5 Å². The normalized spacial score (nSPS) is 19.5. The molecule has 7 nitrogen and oxygen atoms in total. The van der Waals surface area contributed by atoms with Crippen molar-refractivity contribution in [3.05, 3.63) is 24.3 Å². The second kappa shape index (κ2) is 10.8. The van der Waals surface area contributed by atoms with Crippen LogP contribution in [0.15, 0.2) is 24.3 Å². The van der Waals surface area contributed by atoms with Crippen LogP contribution in [0.25, 0.3) is 0 Å². The maximum absolute atomic E-state index is 12.1. The van der Waals surface area contributed by atoms with Gasteiger partial charge in [-0.2, -0.15) is 0 Å². The predicted molar refractivity (Wildman–Crippen MR) is 108 cm³/mol. The molecule has 27 heavy (non-hydrogen) atoms. The van der Waals surface area contributed by atoms with Crippen LogP contribution in [0.5, 0.6) is 0 Å². The number of hydrogen-bond acceptors (Lipinski definition) is 5. The fraction of sp³-hybridized carbons (Fsp3) is 0.600. The Morgan fingerprint density at radius 2 is 1.81 bits per heavy atom. The van der Waals surface area contributed by atoms with Gasteiger partial charge in [-0.3, -0.25) is 9.69 Å². The molecular formula is C20H32N4O3. The van der Waals surface area contributed by atoms with Gasteiger partial charge in [0, 0.05) is 17.4 Å². The zero-order valence-electron chi connectivity index (χ0n) is 16.4. The van der Waals surface area contributed by atoms with Crippen molar-refractivity contribution < 1.29 is 14.3 Å². The third-order valence-corrected chi connectivity index (χ3v) is 5.05. The molecule has 2 unspecified atom stereocenters. The highest BCUT2D eigenvalue weighted by Crippen LogP contribution is 2.27. The van der Waals surface area contributed by atoms with Gasteiger partial charge in [0.05, 0.1) is 13.2 Å². The molecule has 1 aromatic rings. The van der Waals surface area contributed by atoms with Gasteiger partial charge in [0.2, 0.25) is 5.91 Å². The summed E-state index contributed by atoms with van der Waals surface area (Å²) in [4.78, 5) is 24.9. The largest absolute Gasteiger partial charge is 0.449 e. The third kappa shape index (κ3) is 7.46. The summed E-state index contributed by atoms with van der Waals surface area (Å²) in [5.74, 6) is 0.353. The van der Waals surface area contributed by atoms with Crippen LogP contribution in [-0.2, 0) is 9.53 Å². The van der Waals surface area contributed by atoms with E-state index in [2.05, 4.69) is 15.5 Å². The average molecular weight is 377 g/mol. The van der Waals surface area contributed by atoms with Crippen LogP contribution in [0, 0.1) is 5.92 Å². The van der Waals surface area contributed by atoms with Crippen molar-refractivity contribution in [3.8, 4) is 0 Å². The smallest absolute Gasteiger partial charge is 0.404 e. The van der Waals surface area contributed by atoms with Crippen molar-refractivity contribution in [2.24, 2.45) is 11.7 Å². The second-order valence-corrected chi connectivity index (χ2v) is 7.09. The van der Waals surface area contributed by atoms with Crippen molar-refractivity contribution in [2.45, 2.75) is 45.6 Å². The quantitative estimate of drug-likeness (QED) is 0.615. The lowest BCUT2D eigenvalue weighted by Crippen LogP contribution is -2.32. The van der Waals surface area contributed by atoms with Gasteiger partial charge in [-0.1, -0.05) is 20.3 Å². The molecule has 0 aromatic heterocycles. The number of nitrogens with zero attached hydrogens (tertiary/aromatic N) is 1. The number of carbonyl (C=O) groups excluding carboxylic acids is 2. The number of ether oxygens (including phenoxy) is 1. The Hall–Kier alpha value is -2.28. The number of benzene rings is 1. The Balaban J connectivity index is 1.81. The zero-order valence-corrected chi connectivity index (χ0v) is 16.4. The van der Waals surface area contributed by atoms with Gasteiger partial charge < -0.3 is 21.1 Å². The second-order valence-electron chi connectivity index (χ2n) is 7.09. The van der Waals surface area contributed by atoms with Crippen molar-refractivity contribution in [3.63, 3.8) is 0 Å². The zero-order chi connectivity index (χ0) is 19.6. The minimum absolute atomic E-state index is 0.00369. The summed E-state index contributed by atoms with van der Waals surface area (Å²) in [6.07, 6.45) is 3.50. The summed E-state index contributed by atoms with van der Waals surface area (Å²) in [5, 5.41) is 6.47. The maximum Gasteiger partial charge on any atom is 0.404 e. The van der Waals surface area contributed by atoms with Crippen molar-refractivity contribution in [1.82, 2.24) is 4.90 Å². The molecule has 1 aromatic carbocycles. The molecule has 1 aliphatic carbocycles. The highest BCUT2D eigenvalue weighted by Gasteiger charge is 2.22. The van der Waals surface area contributed by atoms with Crippen LogP contribution in [0.2, 0.25) is 0 Å². The lowest BCUT2D eigenvalue weighted by Gasteiger charge is -2.30. The summed E-state index contributed by atoms with van der Waals surface area (Å²) < 4.78 is 4.94. The third-order valence-electron chi connectivity index (χ3n) is 5.05. The Bertz CT molecular complexity index is 602. The number of primary amides is 1. The molecule has 0 aliphatic heterocycles. The van der Waals surface area contributed by atoms with Crippen LogP contribution in [0.3, 0.4) is 0 Å². The van der Waals surface area contributed by atoms with E-state index in [9.17, 15) is 9.59 Å². The number of carbonyl (C=O) groups is 2. The predicted octanol–water partition coefficient (Wildman–Crippen LogP) is 3.03. The van der Waals surface area contributed by atoms with Crippen molar-refractivity contribution in [2.75, 3.05) is 36.9 Å². The first-order chi connectivity index (χ1) is 13.0. The van der Waals surface area contributed by atoms with Gasteiger partial charge in [-0.05, 0) is 62.5 Å². The number of amides is 2. The fourth-order valence-corrected chi connectivity index (χ4v) is 3.51. The van der Waals surface area contributed by atoms with E-state index in [0.29, 0.717) is 25.1 Å². The molecule has 2 atom stereocenters. The Kier molecular flexibility index (Phi) is 8.39. The van der Waals surface area contributed by atoms with Crippen LogP contribution < -0.4 is 16.4 Å². The molecule has 7 heteroatoms. The first-order valence-electron chi connectivity index (χ1n) is 9.81.